The number of carbonyl (C=O) groups excluding carboxylic acids is 2. The molecular weight excluding hydrogens is 300 g/mol. The fraction of sp³-hybridized carbons (Fsp3) is 0.733. The Labute approximate surface area is 135 Å². The summed E-state index contributed by atoms with van der Waals surface area (Å²) in [6, 6.07) is 0. The van der Waals surface area contributed by atoms with Gasteiger partial charge in [0.25, 0.3) is 0 Å². The first-order valence-electron chi connectivity index (χ1n) is 8.00. The van der Waals surface area contributed by atoms with E-state index in [9.17, 15) is 14.4 Å². The fourth-order valence-electron chi connectivity index (χ4n) is 2.66. The lowest BCUT2D eigenvalue weighted by atomic mass is 10.2. The Balaban J connectivity index is 1.92. The minimum atomic E-state index is -0.292. The summed E-state index contributed by atoms with van der Waals surface area (Å²) in [5.41, 5.74) is -0.210. The molecular formula is C15H24N4O4. The van der Waals surface area contributed by atoms with E-state index in [-0.39, 0.29) is 30.5 Å². The molecule has 0 unspecified atom stereocenters. The molecule has 1 aromatic rings. The molecule has 128 valence electrons. The highest BCUT2D eigenvalue weighted by atomic mass is 16.5. The van der Waals surface area contributed by atoms with Gasteiger partial charge in [0, 0.05) is 33.0 Å². The van der Waals surface area contributed by atoms with Crippen LogP contribution in [0.1, 0.15) is 37.9 Å². The van der Waals surface area contributed by atoms with Gasteiger partial charge in [-0.3, -0.25) is 14.2 Å². The summed E-state index contributed by atoms with van der Waals surface area (Å²) < 4.78 is 7.49. The molecule has 0 bridgehead atoms. The fourth-order valence-corrected chi connectivity index (χ4v) is 2.66. The third kappa shape index (κ3) is 4.43. The Morgan fingerprint density at radius 2 is 2.09 bits per heavy atom. The minimum Gasteiger partial charge on any atom is -0.469 e. The molecule has 0 N–H and O–H groups in total. The monoisotopic (exact) mass is 324 g/mol. The molecule has 1 amide bonds. The van der Waals surface area contributed by atoms with Gasteiger partial charge in [-0.1, -0.05) is 6.42 Å². The van der Waals surface area contributed by atoms with Crippen molar-refractivity contribution in [1.29, 1.82) is 0 Å². The number of hydrogen-bond acceptors (Lipinski definition) is 5. The average molecular weight is 324 g/mol. The maximum Gasteiger partial charge on any atom is 0.346 e. The summed E-state index contributed by atoms with van der Waals surface area (Å²) in [6.07, 6.45) is 4.68. The van der Waals surface area contributed by atoms with Gasteiger partial charge in [-0.25, -0.2) is 9.48 Å². The van der Waals surface area contributed by atoms with Crippen LogP contribution in [0.3, 0.4) is 0 Å². The first-order chi connectivity index (χ1) is 11.0. The van der Waals surface area contributed by atoms with Crippen molar-refractivity contribution in [2.45, 2.75) is 51.6 Å². The smallest absolute Gasteiger partial charge is 0.346 e. The van der Waals surface area contributed by atoms with Crippen molar-refractivity contribution in [2.24, 2.45) is 0 Å². The maximum atomic E-state index is 12.3. The van der Waals surface area contributed by atoms with Gasteiger partial charge in [0.15, 0.2) is 0 Å². The van der Waals surface area contributed by atoms with Crippen LogP contribution in [0.2, 0.25) is 0 Å². The summed E-state index contributed by atoms with van der Waals surface area (Å²) in [5, 5.41) is 4.30. The maximum absolute atomic E-state index is 12.3. The number of aryl methyl sites for hydroxylation is 1. The lowest BCUT2D eigenvalue weighted by Crippen LogP contribution is -2.35. The van der Waals surface area contributed by atoms with Gasteiger partial charge < -0.3 is 9.64 Å². The number of likely N-dealkylation sites (N-methyl/N-ethyl adjacent to an activating group) is 1. The highest BCUT2D eigenvalue weighted by molar-refractivity contribution is 5.75. The molecule has 0 saturated heterocycles. The molecule has 1 aromatic heterocycles. The highest BCUT2D eigenvalue weighted by Gasteiger charge is 2.18. The Hall–Kier alpha value is -2.12. The van der Waals surface area contributed by atoms with E-state index < -0.39 is 0 Å². The van der Waals surface area contributed by atoms with Gasteiger partial charge in [0.05, 0.1) is 7.11 Å². The molecule has 0 radical (unpaired) electrons. The minimum absolute atomic E-state index is 0.0619. The Morgan fingerprint density at radius 1 is 1.30 bits per heavy atom. The molecule has 0 aromatic carbocycles. The summed E-state index contributed by atoms with van der Waals surface area (Å²) in [5.74, 6) is 0.291. The van der Waals surface area contributed by atoms with Crippen molar-refractivity contribution in [3.63, 3.8) is 0 Å². The van der Waals surface area contributed by atoms with Gasteiger partial charge >= 0.3 is 11.7 Å². The van der Waals surface area contributed by atoms with E-state index >= 15 is 0 Å². The summed E-state index contributed by atoms with van der Waals surface area (Å²) in [7, 11) is 3.00. The second-order valence-corrected chi connectivity index (χ2v) is 5.81. The largest absolute Gasteiger partial charge is 0.469 e. The SMILES string of the molecule is COC(=O)CCCN(C)C(=O)Cn1nc2n(c1=O)CCCCC2. The number of rotatable bonds is 6. The van der Waals surface area contributed by atoms with Crippen molar-refractivity contribution in [1.82, 2.24) is 19.2 Å². The number of nitrogens with zero attached hydrogens (tertiary/aromatic N) is 4. The zero-order valence-corrected chi connectivity index (χ0v) is 13.8. The first-order valence-corrected chi connectivity index (χ1v) is 8.00. The van der Waals surface area contributed by atoms with Crippen LogP contribution in [-0.2, 0) is 33.8 Å². The number of ether oxygens (including phenoxy) is 1. The quantitative estimate of drug-likeness (QED) is 0.697. The van der Waals surface area contributed by atoms with Crippen molar-refractivity contribution < 1.29 is 14.3 Å². The number of amides is 1. The van der Waals surface area contributed by atoms with Crippen LogP contribution in [-0.4, -0.2) is 51.8 Å². The molecule has 1 aliphatic rings. The van der Waals surface area contributed by atoms with Gasteiger partial charge in [-0.15, -0.1) is 0 Å². The van der Waals surface area contributed by atoms with E-state index in [0.29, 0.717) is 19.5 Å². The van der Waals surface area contributed by atoms with Crippen molar-refractivity contribution in [2.75, 3.05) is 20.7 Å². The second kappa shape index (κ2) is 7.94. The zero-order chi connectivity index (χ0) is 16.8. The third-order valence-corrected chi connectivity index (χ3v) is 4.09. The van der Waals surface area contributed by atoms with E-state index in [0.717, 1.165) is 31.5 Å². The molecule has 2 rings (SSSR count). The molecule has 8 nitrogen and oxygen atoms in total. The van der Waals surface area contributed by atoms with Crippen molar-refractivity contribution >= 4 is 11.9 Å². The van der Waals surface area contributed by atoms with Crippen LogP contribution in [0.4, 0.5) is 0 Å². The number of fused-ring (bicyclic) bond motifs is 1. The topological polar surface area (TPSA) is 86.4 Å². The number of aromatic nitrogens is 3. The predicted molar refractivity (Wildman–Crippen MR) is 82.9 cm³/mol. The molecule has 0 fully saturated rings. The molecule has 1 aliphatic heterocycles. The summed E-state index contributed by atoms with van der Waals surface area (Å²) >= 11 is 0. The van der Waals surface area contributed by atoms with Gasteiger partial charge in [0.2, 0.25) is 5.91 Å². The van der Waals surface area contributed by atoms with E-state index in [1.165, 1.54) is 16.7 Å². The van der Waals surface area contributed by atoms with E-state index in [1.807, 2.05) is 0 Å². The number of hydrogen-bond donors (Lipinski definition) is 0. The van der Waals surface area contributed by atoms with E-state index in [4.69, 9.17) is 0 Å². The Morgan fingerprint density at radius 3 is 2.83 bits per heavy atom. The predicted octanol–water partition coefficient (Wildman–Crippen LogP) is 0.183. The molecule has 0 aliphatic carbocycles. The molecule has 0 atom stereocenters. The van der Waals surface area contributed by atoms with Gasteiger partial charge in [0.1, 0.15) is 12.4 Å². The van der Waals surface area contributed by atoms with Gasteiger partial charge in [-0.05, 0) is 19.3 Å². The number of carbonyl (C=O) groups is 2. The van der Waals surface area contributed by atoms with Crippen LogP contribution in [0.5, 0.6) is 0 Å². The molecule has 23 heavy (non-hydrogen) atoms. The van der Waals surface area contributed by atoms with Gasteiger partial charge in [-0.2, -0.15) is 5.10 Å². The Bertz CT molecular complexity index is 619. The second-order valence-electron chi connectivity index (χ2n) is 5.81. The normalized spacial score (nSPS) is 14.0. The standard InChI is InChI=1S/C15H24N4O4/c1-17(9-6-8-14(21)23-2)13(20)11-19-15(22)18-10-5-3-4-7-12(18)16-19/h3-11H2,1-2H3. The van der Waals surface area contributed by atoms with Crippen LogP contribution in [0.15, 0.2) is 4.79 Å². The van der Waals surface area contributed by atoms with Crippen LogP contribution in [0, 0.1) is 0 Å². The molecule has 0 saturated carbocycles. The van der Waals surface area contributed by atoms with Crippen molar-refractivity contribution in [3.05, 3.63) is 16.3 Å². The average Bonchev–Trinajstić information content (AvgIpc) is 2.71. The van der Waals surface area contributed by atoms with E-state index in [1.54, 1.807) is 11.6 Å². The zero-order valence-electron chi connectivity index (χ0n) is 13.8. The Kier molecular flexibility index (Phi) is 5.95. The lowest BCUT2D eigenvalue weighted by Gasteiger charge is -2.16. The molecule has 0 spiro atoms. The van der Waals surface area contributed by atoms with Crippen LogP contribution in [0.25, 0.3) is 0 Å². The van der Waals surface area contributed by atoms with E-state index in [2.05, 4.69) is 9.84 Å². The molecule has 8 heteroatoms. The highest BCUT2D eigenvalue weighted by Crippen LogP contribution is 2.10. The van der Waals surface area contributed by atoms with Crippen molar-refractivity contribution in [3.8, 4) is 0 Å². The summed E-state index contributed by atoms with van der Waals surface area (Å²) in [4.78, 5) is 37.1. The lowest BCUT2D eigenvalue weighted by molar-refractivity contribution is -0.141. The summed E-state index contributed by atoms with van der Waals surface area (Å²) in [6.45, 7) is 1.06. The van der Waals surface area contributed by atoms with Crippen LogP contribution >= 0.6 is 0 Å². The third-order valence-electron chi connectivity index (χ3n) is 4.09. The molecule has 2 heterocycles. The van der Waals surface area contributed by atoms with Crippen LogP contribution < -0.4 is 5.69 Å². The first kappa shape index (κ1) is 17.2. The number of methoxy groups -OCH3 is 1. The number of esters is 1.